The van der Waals surface area contributed by atoms with Gasteiger partial charge in [0.15, 0.2) is 0 Å². The molecule has 0 bridgehead atoms. The lowest BCUT2D eigenvalue weighted by molar-refractivity contribution is 0.0581. The van der Waals surface area contributed by atoms with Gasteiger partial charge in [-0.05, 0) is 38.5 Å². The second-order valence-corrected chi connectivity index (χ2v) is 7.46. The summed E-state index contributed by atoms with van der Waals surface area (Å²) in [6, 6.07) is -0.367. The number of hydrogen-bond acceptors (Lipinski definition) is 4. The first-order valence-corrected chi connectivity index (χ1v) is 8.96. The highest BCUT2D eigenvalue weighted by Gasteiger charge is 2.34. The van der Waals surface area contributed by atoms with Crippen LogP contribution in [0.25, 0.3) is 0 Å². The summed E-state index contributed by atoms with van der Waals surface area (Å²) in [5.74, 6) is 0.330. The maximum atomic E-state index is 12.5. The highest BCUT2D eigenvalue weighted by molar-refractivity contribution is 7.87. The molecule has 0 aromatic rings. The molecule has 2 fully saturated rings. The van der Waals surface area contributed by atoms with Gasteiger partial charge < -0.3 is 9.84 Å². The van der Waals surface area contributed by atoms with Crippen molar-refractivity contribution in [2.45, 2.75) is 51.1 Å². The number of rotatable bonds is 5. The average molecular weight is 306 g/mol. The summed E-state index contributed by atoms with van der Waals surface area (Å²) in [4.78, 5) is 0. The number of piperidine rings is 1. The summed E-state index contributed by atoms with van der Waals surface area (Å²) in [5, 5.41) is 9.36. The summed E-state index contributed by atoms with van der Waals surface area (Å²) in [5.41, 5.74) is 0. The van der Waals surface area contributed by atoms with Gasteiger partial charge in [-0.25, -0.2) is 0 Å². The largest absolute Gasteiger partial charge is 0.395 e. The van der Waals surface area contributed by atoms with Crippen LogP contribution in [0.2, 0.25) is 0 Å². The molecular formula is C13H26N2O4S. The Labute approximate surface area is 121 Å². The fourth-order valence-corrected chi connectivity index (χ4v) is 4.82. The molecular weight excluding hydrogens is 280 g/mol. The zero-order chi connectivity index (χ0) is 14.6. The Kier molecular flexibility index (Phi) is 5.80. The Morgan fingerprint density at radius 3 is 2.65 bits per heavy atom. The van der Waals surface area contributed by atoms with Crippen LogP contribution in [0.4, 0.5) is 0 Å². The average Bonchev–Trinajstić information content (AvgIpc) is 2.47. The van der Waals surface area contributed by atoms with Gasteiger partial charge in [-0.2, -0.15) is 17.4 Å². The Balaban J connectivity index is 1.98. The quantitative estimate of drug-likeness (QED) is 0.774. The molecule has 2 unspecified atom stereocenters. The van der Waals surface area contributed by atoms with E-state index in [1.165, 1.54) is 4.31 Å². The second kappa shape index (κ2) is 7.17. The van der Waals surface area contributed by atoms with E-state index in [0.29, 0.717) is 25.7 Å². The molecule has 0 aromatic heterocycles. The lowest BCUT2D eigenvalue weighted by atomic mass is 9.94. The van der Waals surface area contributed by atoms with Crippen molar-refractivity contribution in [2.24, 2.45) is 5.92 Å². The molecule has 2 aliphatic rings. The Hall–Kier alpha value is -0.210. The van der Waals surface area contributed by atoms with Crippen LogP contribution >= 0.6 is 0 Å². The summed E-state index contributed by atoms with van der Waals surface area (Å²) in [6.07, 6.45) is 4.37. The summed E-state index contributed by atoms with van der Waals surface area (Å²) < 4.78 is 34.5. The van der Waals surface area contributed by atoms with Crippen molar-refractivity contribution in [1.82, 2.24) is 9.03 Å². The molecule has 2 heterocycles. The van der Waals surface area contributed by atoms with Gasteiger partial charge in [0.2, 0.25) is 0 Å². The van der Waals surface area contributed by atoms with Gasteiger partial charge in [-0.1, -0.05) is 6.42 Å². The third kappa shape index (κ3) is 3.92. The molecule has 2 rings (SSSR count). The van der Waals surface area contributed by atoms with Crippen molar-refractivity contribution in [3.05, 3.63) is 0 Å². The minimum atomic E-state index is -3.51. The maximum Gasteiger partial charge on any atom is 0.280 e. The first kappa shape index (κ1) is 16.2. The van der Waals surface area contributed by atoms with Crippen LogP contribution < -0.4 is 4.72 Å². The fraction of sp³-hybridized carbons (Fsp3) is 1.00. The van der Waals surface area contributed by atoms with Crippen molar-refractivity contribution in [2.75, 3.05) is 26.4 Å². The predicted octanol–water partition coefficient (Wildman–Crippen LogP) is 0.483. The van der Waals surface area contributed by atoms with Gasteiger partial charge >= 0.3 is 0 Å². The van der Waals surface area contributed by atoms with E-state index in [9.17, 15) is 13.5 Å². The lowest BCUT2D eigenvalue weighted by Crippen LogP contribution is -2.53. The molecule has 2 N–H and O–H groups in total. The summed E-state index contributed by atoms with van der Waals surface area (Å²) in [6.45, 7) is 3.73. The molecule has 6 nitrogen and oxygen atoms in total. The van der Waals surface area contributed by atoms with Crippen LogP contribution in [0, 0.1) is 5.92 Å². The number of hydrogen-bond donors (Lipinski definition) is 2. The minimum Gasteiger partial charge on any atom is -0.395 e. The third-order valence-electron chi connectivity index (χ3n) is 4.40. The number of aliphatic hydroxyl groups excluding tert-OH is 1. The van der Waals surface area contributed by atoms with E-state index >= 15 is 0 Å². The molecule has 20 heavy (non-hydrogen) atoms. The van der Waals surface area contributed by atoms with Crippen LogP contribution in [0.1, 0.15) is 39.0 Å². The Morgan fingerprint density at radius 2 is 2.00 bits per heavy atom. The van der Waals surface area contributed by atoms with Gasteiger partial charge in [0.25, 0.3) is 10.2 Å². The molecule has 118 valence electrons. The van der Waals surface area contributed by atoms with E-state index in [0.717, 1.165) is 32.1 Å². The first-order valence-electron chi connectivity index (χ1n) is 7.52. The predicted molar refractivity (Wildman–Crippen MR) is 76.5 cm³/mol. The summed E-state index contributed by atoms with van der Waals surface area (Å²) >= 11 is 0. The number of aliphatic hydroxyl groups is 1. The van der Waals surface area contributed by atoms with Crippen LogP contribution in [0.3, 0.4) is 0 Å². The Bertz CT molecular complexity index is 395. The molecule has 0 amide bonds. The third-order valence-corrected chi connectivity index (χ3v) is 6.17. The first-order chi connectivity index (χ1) is 9.54. The van der Waals surface area contributed by atoms with E-state index in [-0.39, 0.29) is 18.7 Å². The summed E-state index contributed by atoms with van der Waals surface area (Å²) in [7, 11) is -3.51. The van der Waals surface area contributed by atoms with E-state index < -0.39 is 10.2 Å². The van der Waals surface area contributed by atoms with E-state index in [2.05, 4.69) is 4.72 Å². The van der Waals surface area contributed by atoms with Crippen LogP contribution in [0.15, 0.2) is 0 Å². The number of nitrogens with one attached hydrogen (secondary N) is 1. The topological polar surface area (TPSA) is 78.9 Å². The van der Waals surface area contributed by atoms with Crippen LogP contribution in [0.5, 0.6) is 0 Å². The highest BCUT2D eigenvalue weighted by atomic mass is 32.2. The van der Waals surface area contributed by atoms with Gasteiger partial charge in [0.1, 0.15) is 0 Å². The van der Waals surface area contributed by atoms with Crippen molar-refractivity contribution < 1.29 is 18.3 Å². The highest BCUT2D eigenvalue weighted by Crippen LogP contribution is 2.22. The Morgan fingerprint density at radius 1 is 1.30 bits per heavy atom. The minimum absolute atomic E-state index is 0.0924. The molecule has 2 saturated heterocycles. The molecule has 7 heteroatoms. The van der Waals surface area contributed by atoms with Gasteiger partial charge in [0.05, 0.1) is 6.61 Å². The fourth-order valence-electron chi connectivity index (χ4n) is 3.09. The van der Waals surface area contributed by atoms with Crippen LogP contribution in [-0.4, -0.2) is 56.3 Å². The smallest absolute Gasteiger partial charge is 0.280 e. The van der Waals surface area contributed by atoms with E-state index in [1.807, 2.05) is 6.92 Å². The zero-order valence-electron chi connectivity index (χ0n) is 12.1. The van der Waals surface area contributed by atoms with Crippen molar-refractivity contribution in [3.8, 4) is 0 Å². The molecule has 2 aliphatic heterocycles. The second-order valence-electron chi connectivity index (χ2n) is 5.80. The number of nitrogens with zero attached hydrogens (tertiary/aromatic N) is 1. The zero-order valence-corrected chi connectivity index (χ0v) is 12.9. The molecule has 0 radical (unpaired) electrons. The van der Waals surface area contributed by atoms with Gasteiger partial charge in [-0.15, -0.1) is 0 Å². The molecule has 0 aromatic carbocycles. The molecule has 0 aliphatic carbocycles. The normalized spacial score (nSPS) is 28.4. The van der Waals surface area contributed by atoms with Crippen molar-refractivity contribution in [3.63, 3.8) is 0 Å². The lowest BCUT2D eigenvalue weighted by Gasteiger charge is -2.36. The van der Waals surface area contributed by atoms with Gasteiger partial charge in [-0.3, -0.25) is 0 Å². The monoisotopic (exact) mass is 306 g/mol. The van der Waals surface area contributed by atoms with Crippen molar-refractivity contribution in [1.29, 1.82) is 0 Å². The van der Waals surface area contributed by atoms with Gasteiger partial charge in [0, 0.05) is 31.8 Å². The molecule has 0 saturated carbocycles. The molecule has 2 atom stereocenters. The van der Waals surface area contributed by atoms with E-state index in [1.54, 1.807) is 0 Å². The molecule has 0 spiro atoms. The number of ether oxygens (including phenoxy) is 1. The van der Waals surface area contributed by atoms with E-state index in [4.69, 9.17) is 4.74 Å². The maximum absolute atomic E-state index is 12.5. The van der Waals surface area contributed by atoms with Crippen molar-refractivity contribution >= 4 is 10.2 Å². The SMILES string of the molecule is CC(NS(=O)(=O)N1CCCCC1CO)C1CCOCC1. The van der Waals surface area contributed by atoms with Crippen LogP contribution in [-0.2, 0) is 14.9 Å². The standard InChI is InChI=1S/C13H26N2O4S/c1-11(12-5-8-19-9-6-12)14-20(17,18)15-7-3-2-4-13(15)10-16/h11-14,16H,2-10H2,1H3.